The highest BCUT2D eigenvalue weighted by atomic mass is 35.5. The summed E-state index contributed by atoms with van der Waals surface area (Å²) in [5, 5.41) is 17.3. The summed E-state index contributed by atoms with van der Waals surface area (Å²) < 4.78 is 0. The van der Waals surface area contributed by atoms with Crippen molar-refractivity contribution in [2.45, 2.75) is 12.5 Å². The minimum absolute atomic E-state index is 0. The van der Waals surface area contributed by atoms with E-state index in [-0.39, 0.29) is 24.4 Å². The molecular formula is C10H12ClNO4. The molecule has 5 nitrogen and oxygen atoms in total. The monoisotopic (exact) mass is 245 g/mol. The molecule has 1 aromatic carbocycles. The molecule has 88 valence electrons. The molecule has 0 aliphatic carbocycles. The Morgan fingerprint density at radius 1 is 1.31 bits per heavy atom. The Bertz CT molecular complexity index is 394. The number of aliphatic carboxylic acids is 1. The normalized spacial score (nSPS) is 11.3. The van der Waals surface area contributed by atoms with E-state index in [1.165, 1.54) is 12.1 Å². The van der Waals surface area contributed by atoms with Gasteiger partial charge in [0.1, 0.15) is 6.04 Å². The van der Waals surface area contributed by atoms with Gasteiger partial charge in [-0.15, -0.1) is 12.4 Å². The molecule has 0 spiro atoms. The number of carboxylic acids is 2. The highest BCUT2D eigenvalue weighted by molar-refractivity contribution is 5.87. The molecule has 1 rings (SSSR count). The van der Waals surface area contributed by atoms with Gasteiger partial charge >= 0.3 is 11.9 Å². The summed E-state index contributed by atoms with van der Waals surface area (Å²) in [6.45, 7) is 0. The zero-order chi connectivity index (χ0) is 11.4. The second-order valence-corrected chi connectivity index (χ2v) is 3.15. The molecule has 0 radical (unpaired) electrons. The molecule has 1 atom stereocenters. The summed E-state index contributed by atoms with van der Waals surface area (Å²) in [4.78, 5) is 21.1. The lowest BCUT2D eigenvalue weighted by Gasteiger charge is -2.06. The predicted molar refractivity (Wildman–Crippen MR) is 60.0 cm³/mol. The Balaban J connectivity index is 0.00000225. The van der Waals surface area contributed by atoms with Crippen LogP contribution in [0.15, 0.2) is 24.3 Å². The molecule has 0 heterocycles. The second-order valence-electron chi connectivity index (χ2n) is 3.15. The molecule has 0 fully saturated rings. The molecule has 0 aromatic heterocycles. The lowest BCUT2D eigenvalue weighted by atomic mass is 10.0. The Morgan fingerprint density at radius 2 is 1.94 bits per heavy atom. The molecule has 0 bridgehead atoms. The second kappa shape index (κ2) is 6.09. The van der Waals surface area contributed by atoms with Gasteiger partial charge in [-0.1, -0.05) is 12.1 Å². The molecule has 0 saturated carbocycles. The molecule has 4 N–H and O–H groups in total. The maximum atomic E-state index is 10.6. The van der Waals surface area contributed by atoms with Crippen molar-refractivity contribution in [3.63, 3.8) is 0 Å². The van der Waals surface area contributed by atoms with Crippen LogP contribution in [0.4, 0.5) is 0 Å². The number of halogens is 1. The van der Waals surface area contributed by atoms with Gasteiger partial charge in [-0.2, -0.15) is 0 Å². The number of nitrogens with two attached hydrogens (primary N) is 1. The highest BCUT2D eigenvalue weighted by Gasteiger charge is 2.12. The first-order valence-corrected chi connectivity index (χ1v) is 4.31. The number of carboxylic acid groups (broad SMARTS) is 2. The summed E-state index contributed by atoms with van der Waals surface area (Å²) >= 11 is 0. The fourth-order valence-electron chi connectivity index (χ4n) is 1.17. The van der Waals surface area contributed by atoms with E-state index in [1.807, 2.05) is 0 Å². The highest BCUT2D eigenvalue weighted by Crippen LogP contribution is 2.07. The van der Waals surface area contributed by atoms with E-state index in [0.29, 0.717) is 5.56 Å². The summed E-state index contributed by atoms with van der Waals surface area (Å²) in [6, 6.07) is 5.07. The third-order valence-corrected chi connectivity index (χ3v) is 1.95. The van der Waals surface area contributed by atoms with Crippen molar-refractivity contribution < 1.29 is 19.8 Å². The van der Waals surface area contributed by atoms with E-state index in [4.69, 9.17) is 15.9 Å². The Kier molecular flexibility index (Phi) is 5.49. The maximum absolute atomic E-state index is 10.6. The van der Waals surface area contributed by atoms with Crippen molar-refractivity contribution in [3.8, 4) is 0 Å². The van der Waals surface area contributed by atoms with Gasteiger partial charge in [-0.05, 0) is 24.1 Å². The third-order valence-electron chi connectivity index (χ3n) is 1.95. The van der Waals surface area contributed by atoms with Crippen LogP contribution in [0.5, 0.6) is 0 Å². The van der Waals surface area contributed by atoms with Crippen molar-refractivity contribution in [1.82, 2.24) is 0 Å². The van der Waals surface area contributed by atoms with Crippen molar-refractivity contribution in [3.05, 3.63) is 35.4 Å². The summed E-state index contributed by atoms with van der Waals surface area (Å²) in [5.74, 6) is -2.14. The molecular weight excluding hydrogens is 234 g/mol. The molecule has 0 aliphatic rings. The number of hydrogen-bond acceptors (Lipinski definition) is 3. The van der Waals surface area contributed by atoms with Crippen LogP contribution in [0.1, 0.15) is 15.9 Å². The SMILES string of the molecule is Cl.N[C@H](Cc1cccc(C(=O)O)c1)C(=O)O. The van der Waals surface area contributed by atoms with Gasteiger partial charge in [0.2, 0.25) is 0 Å². The number of benzene rings is 1. The van der Waals surface area contributed by atoms with Crippen LogP contribution >= 0.6 is 12.4 Å². The zero-order valence-corrected chi connectivity index (χ0v) is 9.11. The van der Waals surface area contributed by atoms with Crippen LogP contribution in [-0.2, 0) is 11.2 Å². The summed E-state index contributed by atoms with van der Waals surface area (Å²) in [7, 11) is 0. The van der Waals surface area contributed by atoms with E-state index < -0.39 is 18.0 Å². The van der Waals surface area contributed by atoms with Crippen LogP contribution < -0.4 is 5.73 Å². The van der Waals surface area contributed by atoms with Crippen molar-refractivity contribution in [2.75, 3.05) is 0 Å². The van der Waals surface area contributed by atoms with Gasteiger partial charge in [-0.25, -0.2) is 4.79 Å². The number of rotatable bonds is 4. The molecule has 0 unspecified atom stereocenters. The van der Waals surface area contributed by atoms with E-state index in [2.05, 4.69) is 0 Å². The van der Waals surface area contributed by atoms with Crippen molar-refractivity contribution >= 4 is 24.3 Å². The van der Waals surface area contributed by atoms with Crippen molar-refractivity contribution in [1.29, 1.82) is 0 Å². The van der Waals surface area contributed by atoms with Crippen LogP contribution in [0, 0.1) is 0 Å². The molecule has 0 amide bonds. The minimum Gasteiger partial charge on any atom is -0.480 e. The van der Waals surface area contributed by atoms with Crippen molar-refractivity contribution in [2.24, 2.45) is 5.73 Å². The average Bonchev–Trinajstić information content (AvgIpc) is 2.18. The molecule has 0 saturated heterocycles. The first-order valence-electron chi connectivity index (χ1n) is 4.31. The number of hydrogen-bond donors (Lipinski definition) is 3. The van der Waals surface area contributed by atoms with E-state index in [1.54, 1.807) is 12.1 Å². The lowest BCUT2D eigenvalue weighted by molar-refractivity contribution is -0.138. The van der Waals surface area contributed by atoms with Crippen LogP contribution in [0.3, 0.4) is 0 Å². The van der Waals surface area contributed by atoms with Gasteiger partial charge in [0.15, 0.2) is 0 Å². The van der Waals surface area contributed by atoms with Gasteiger partial charge in [0.25, 0.3) is 0 Å². The Hall–Kier alpha value is -1.59. The molecule has 0 aliphatic heterocycles. The van der Waals surface area contributed by atoms with Gasteiger partial charge in [0, 0.05) is 0 Å². The van der Waals surface area contributed by atoms with E-state index in [9.17, 15) is 9.59 Å². The largest absolute Gasteiger partial charge is 0.480 e. The van der Waals surface area contributed by atoms with Gasteiger partial charge in [0.05, 0.1) is 5.56 Å². The Morgan fingerprint density at radius 3 is 2.44 bits per heavy atom. The van der Waals surface area contributed by atoms with Gasteiger partial charge < -0.3 is 15.9 Å². The van der Waals surface area contributed by atoms with E-state index >= 15 is 0 Å². The first-order chi connectivity index (χ1) is 7.00. The predicted octanol–water partition coefficient (Wildman–Crippen LogP) is 0.761. The van der Waals surface area contributed by atoms with Crippen LogP contribution in [0.25, 0.3) is 0 Å². The molecule has 1 aromatic rings. The first kappa shape index (κ1) is 14.4. The molecule has 6 heteroatoms. The topological polar surface area (TPSA) is 101 Å². The lowest BCUT2D eigenvalue weighted by Crippen LogP contribution is -2.32. The number of carbonyl (C=O) groups is 2. The summed E-state index contributed by atoms with van der Waals surface area (Å²) in [5.41, 5.74) is 6.06. The quantitative estimate of drug-likeness (QED) is 0.727. The fourth-order valence-corrected chi connectivity index (χ4v) is 1.17. The molecule has 16 heavy (non-hydrogen) atoms. The number of aromatic carboxylic acids is 1. The fraction of sp³-hybridized carbons (Fsp3) is 0.200. The third kappa shape index (κ3) is 3.88. The van der Waals surface area contributed by atoms with Crippen LogP contribution in [0.2, 0.25) is 0 Å². The standard InChI is InChI=1S/C10H11NO4.ClH/c11-8(10(14)15)5-6-2-1-3-7(4-6)9(12)13;/h1-4,8H,5,11H2,(H,12,13)(H,14,15);1H/t8-;/m1./s1. The van der Waals surface area contributed by atoms with Crippen LogP contribution in [-0.4, -0.2) is 28.2 Å². The smallest absolute Gasteiger partial charge is 0.335 e. The van der Waals surface area contributed by atoms with Gasteiger partial charge in [-0.3, -0.25) is 4.79 Å². The van der Waals surface area contributed by atoms with E-state index in [0.717, 1.165) is 0 Å². The zero-order valence-electron chi connectivity index (χ0n) is 8.29. The minimum atomic E-state index is -1.10. The Labute approximate surface area is 98.3 Å². The maximum Gasteiger partial charge on any atom is 0.335 e. The average molecular weight is 246 g/mol. The summed E-state index contributed by atoms with van der Waals surface area (Å²) in [6.07, 6.45) is 0.121.